The maximum Gasteiger partial charge on any atom is 0.250 e. The van der Waals surface area contributed by atoms with Crippen LogP contribution in [0.15, 0.2) is 54.6 Å². The van der Waals surface area contributed by atoms with E-state index in [1.165, 1.54) is 5.56 Å². The van der Waals surface area contributed by atoms with Gasteiger partial charge in [0.05, 0.1) is 6.04 Å². The van der Waals surface area contributed by atoms with Crippen molar-refractivity contribution in [3.8, 4) is 0 Å². The minimum atomic E-state index is -0.517. The van der Waals surface area contributed by atoms with E-state index >= 15 is 0 Å². The molecule has 4 nitrogen and oxygen atoms in total. The highest BCUT2D eigenvalue weighted by Gasteiger charge is 2.11. The Bertz CT molecular complexity index is 605. The number of nitrogens with one attached hydrogen (secondary N) is 2. The summed E-state index contributed by atoms with van der Waals surface area (Å²) in [5.41, 5.74) is 2.82. The fourth-order valence-corrected chi connectivity index (χ4v) is 2.77. The fourth-order valence-electron chi connectivity index (χ4n) is 2.16. The molecule has 2 rings (SSSR count). The molecular formula is C17H20N2O2S. The summed E-state index contributed by atoms with van der Waals surface area (Å²) < 4.78 is 0. The van der Waals surface area contributed by atoms with E-state index in [9.17, 15) is 4.79 Å². The smallest absolute Gasteiger partial charge is 0.250 e. The van der Waals surface area contributed by atoms with Crippen molar-refractivity contribution in [3.05, 3.63) is 60.2 Å². The van der Waals surface area contributed by atoms with Gasteiger partial charge in [0.25, 0.3) is 0 Å². The van der Waals surface area contributed by atoms with Gasteiger partial charge in [-0.15, -0.1) is 0 Å². The van der Waals surface area contributed by atoms with Crippen LogP contribution < -0.4 is 10.6 Å². The number of hydrogen-bond acceptors (Lipinski definition) is 4. The van der Waals surface area contributed by atoms with Gasteiger partial charge in [-0.2, -0.15) is 11.8 Å². The molecule has 5 heteroatoms. The highest BCUT2D eigenvalue weighted by atomic mass is 32.2. The van der Waals surface area contributed by atoms with Crippen LogP contribution in [0.2, 0.25) is 0 Å². The molecule has 22 heavy (non-hydrogen) atoms. The van der Waals surface area contributed by atoms with Crippen LogP contribution in [0.4, 0.5) is 11.4 Å². The molecule has 1 unspecified atom stereocenters. The molecule has 116 valence electrons. The molecule has 0 saturated carbocycles. The monoisotopic (exact) mass is 316 g/mol. The van der Waals surface area contributed by atoms with Gasteiger partial charge in [-0.1, -0.05) is 36.4 Å². The molecule has 0 aliphatic heterocycles. The number of hydrogen-bond donors (Lipinski definition) is 3. The quantitative estimate of drug-likeness (QED) is 0.734. The van der Waals surface area contributed by atoms with Gasteiger partial charge in [0.15, 0.2) is 0 Å². The summed E-state index contributed by atoms with van der Waals surface area (Å²) in [4.78, 5) is 11.3. The van der Waals surface area contributed by atoms with E-state index in [4.69, 9.17) is 5.11 Å². The summed E-state index contributed by atoms with van der Waals surface area (Å²) in [5.74, 6) is 0.526. The Labute approximate surface area is 134 Å². The second kappa shape index (κ2) is 8.46. The SMILES string of the molecule is CSCC(Nc1cccc(NC(=O)CO)c1)c1ccccc1. The van der Waals surface area contributed by atoms with Gasteiger partial charge in [0, 0.05) is 17.1 Å². The van der Waals surface area contributed by atoms with Crippen LogP contribution in [0.1, 0.15) is 11.6 Å². The number of aliphatic hydroxyl groups excluding tert-OH is 1. The van der Waals surface area contributed by atoms with Crippen molar-refractivity contribution in [2.24, 2.45) is 0 Å². The molecule has 0 aromatic heterocycles. The normalized spacial score (nSPS) is 11.7. The van der Waals surface area contributed by atoms with Crippen LogP contribution in [0.5, 0.6) is 0 Å². The van der Waals surface area contributed by atoms with Crippen molar-refractivity contribution in [1.29, 1.82) is 0 Å². The maximum absolute atomic E-state index is 11.3. The zero-order valence-electron chi connectivity index (χ0n) is 12.5. The second-order valence-electron chi connectivity index (χ2n) is 4.85. The second-order valence-corrected chi connectivity index (χ2v) is 5.76. The van der Waals surface area contributed by atoms with Crippen molar-refractivity contribution >= 4 is 29.0 Å². The molecule has 2 aromatic rings. The van der Waals surface area contributed by atoms with Gasteiger partial charge in [0.1, 0.15) is 6.61 Å². The molecule has 2 aromatic carbocycles. The molecule has 3 N–H and O–H groups in total. The molecular weight excluding hydrogens is 296 g/mol. The van der Waals surface area contributed by atoms with E-state index in [1.807, 2.05) is 36.4 Å². The summed E-state index contributed by atoms with van der Waals surface area (Å²) in [7, 11) is 0. The van der Waals surface area contributed by atoms with Gasteiger partial charge >= 0.3 is 0 Å². The lowest BCUT2D eigenvalue weighted by Gasteiger charge is -2.20. The Kier molecular flexibility index (Phi) is 6.30. The maximum atomic E-state index is 11.3. The van der Waals surface area contributed by atoms with Gasteiger partial charge in [-0.25, -0.2) is 0 Å². The number of anilines is 2. The molecule has 0 aliphatic carbocycles. The largest absolute Gasteiger partial charge is 0.387 e. The van der Waals surface area contributed by atoms with Gasteiger partial charge < -0.3 is 15.7 Å². The number of amides is 1. The summed E-state index contributed by atoms with van der Waals surface area (Å²) in [5, 5.41) is 14.9. The van der Waals surface area contributed by atoms with Gasteiger partial charge in [-0.3, -0.25) is 4.79 Å². The topological polar surface area (TPSA) is 61.4 Å². The number of thioether (sulfide) groups is 1. The predicted octanol–water partition coefficient (Wildman–Crippen LogP) is 3.13. The zero-order chi connectivity index (χ0) is 15.8. The Morgan fingerprint density at radius 1 is 1.14 bits per heavy atom. The third-order valence-corrected chi connectivity index (χ3v) is 3.83. The van der Waals surface area contributed by atoms with Crippen LogP contribution in [0, 0.1) is 0 Å². The summed E-state index contributed by atoms with van der Waals surface area (Å²) in [6, 6.07) is 18.0. The molecule has 0 bridgehead atoms. The lowest BCUT2D eigenvalue weighted by molar-refractivity contribution is -0.118. The third-order valence-electron chi connectivity index (χ3n) is 3.17. The molecule has 0 spiro atoms. The Hall–Kier alpha value is -1.98. The summed E-state index contributed by atoms with van der Waals surface area (Å²) in [6.07, 6.45) is 2.08. The minimum absolute atomic E-state index is 0.194. The van der Waals surface area contributed by atoms with E-state index in [2.05, 4.69) is 29.0 Å². The number of rotatable bonds is 7. The first-order chi connectivity index (χ1) is 10.7. The van der Waals surface area contributed by atoms with E-state index in [0.717, 1.165) is 11.4 Å². The van der Waals surface area contributed by atoms with Crippen molar-refractivity contribution in [1.82, 2.24) is 0 Å². The number of aliphatic hydroxyl groups is 1. The molecule has 1 atom stereocenters. The Morgan fingerprint density at radius 3 is 2.55 bits per heavy atom. The van der Waals surface area contributed by atoms with Crippen LogP contribution >= 0.6 is 11.8 Å². The number of carbonyl (C=O) groups excluding carboxylic acids is 1. The Morgan fingerprint density at radius 2 is 1.86 bits per heavy atom. The summed E-state index contributed by atoms with van der Waals surface area (Å²) in [6.45, 7) is -0.517. The highest BCUT2D eigenvalue weighted by Crippen LogP contribution is 2.24. The standard InChI is InChI=1S/C17H20N2O2S/c1-22-12-16(13-6-3-2-4-7-13)18-14-8-5-9-15(10-14)19-17(21)11-20/h2-10,16,18,20H,11-12H2,1H3,(H,19,21). The fraction of sp³-hybridized carbons (Fsp3) is 0.235. The lowest BCUT2D eigenvalue weighted by atomic mass is 10.1. The van der Waals surface area contributed by atoms with Crippen LogP contribution in [-0.4, -0.2) is 29.6 Å². The predicted molar refractivity (Wildman–Crippen MR) is 93.3 cm³/mol. The van der Waals surface area contributed by atoms with E-state index in [0.29, 0.717) is 5.69 Å². The van der Waals surface area contributed by atoms with E-state index in [1.54, 1.807) is 17.8 Å². The number of benzene rings is 2. The van der Waals surface area contributed by atoms with Crippen molar-refractivity contribution in [2.45, 2.75) is 6.04 Å². The first kappa shape index (κ1) is 16.4. The van der Waals surface area contributed by atoms with Gasteiger partial charge in [0.2, 0.25) is 5.91 Å². The zero-order valence-corrected chi connectivity index (χ0v) is 13.3. The van der Waals surface area contributed by atoms with Crippen LogP contribution in [0.25, 0.3) is 0 Å². The minimum Gasteiger partial charge on any atom is -0.387 e. The van der Waals surface area contributed by atoms with Crippen LogP contribution in [-0.2, 0) is 4.79 Å². The summed E-state index contributed by atoms with van der Waals surface area (Å²) >= 11 is 1.78. The van der Waals surface area contributed by atoms with Crippen molar-refractivity contribution < 1.29 is 9.90 Å². The molecule has 0 aliphatic rings. The highest BCUT2D eigenvalue weighted by molar-refractivity contribution is 7.98. The first-order valence-electron chi connectivity index (χ1n) is 7.04. The van der Waals surface area contributed by atoms with Crippen molar-refractivity contribution in [3.63, 3.8) is 0 Å². The average molecular weight is 316 g/mol. The van der Waals surface area contributed by atoms with E-state index in [-0.39, 0.29) is 6.04 Å². The lowest BCUT2D eigenvalue weighted by Crippen LogP contribution is -2.16. The Balaban J connectivity index is 2.13. The average Bonchev–Trinajstić information content (AvgIpc) is 2.55. The molecule has 0 saturated heterocycles. The van der Waals surface area contributed by atoms with Crippen LogP contribution in [0.3, 0.4) is 0 Å². The first-order valence-corrected chi connectivity index (χ1v) is 8.43. The van der Waals surface area contributed by atoms with Gasteiger partial charge in [-0.05, 0) is 30.0 Å². The molecule has 0 radical (unpaired) electrons. The molecule has 1 amide bonds. The van der Waals surface area contributed by atoms with E-state index < -0.39 is 12.5 Å². The third kappa shape index (κ3) is 4.79. The molecule has 0 fully saturated rings. The molecule has 0 heterocycles. The van der Waals surface area contributed by atoms with Crippen molar-refractivity contribution in [2.75, 3.05) is 29.2 Å². The number of carbonyl (C=O) groups is 1.